The summed E-state index contributed by atoms with van der Waals surface area (Å²) in [6, 6.07) is 1.87. The van der Waals surface area contributed by atoms with Crippen LogP contribution in [0.15, 0.2) is 18.2 Å². The van der Waals surface area contributed by atoms with Crippen LogP contribution in [0.1, 0.15) is 44.2 Å². The van der Waals surface area contributed by atoms with Crippen LogP contribution in [-0.2, 0) is 14.3 Å². The van der Waals surface area contributed by atoms with E-state index in [1.807, 2.05) is 6.92 Å². The third-order valence-electron chi connectivity index (χ3n) is 4.64. The van der Waals surface area contributed by atoms with Gasteiger partial charge in [0, 0.05) is 30.8 Å². The Kier molecular flexibility index (Phi) is 6.87. The van der Waals surface area contributed by atoms with Gasteiger partial charge in [0.25, 0.3) is 0 Å². The molecule has 0 radical (unpaired) electrons. The lowest BCUT2D eigenvalue weighted by atomic mass is 9.83. The molecule has 1 amide bonds. The summed E-state index contributed by atoms with van der Waals surface area (Å²) in [4.78, 5) is 23.8. The van der Waals surface area contributed by atoms with Crippen molar-refractivity contribution >= 4 is 11.9 Å². The summed E-state index contributed by atoms with van der Waals surface area (Å²) >= 11 is 0. The van der Waals surface area contributed by atoms with Gasteiger partial charge in [0.2, 0.25) is 5.91 Å². The van der Waals surface area contributed by atoms with Crippen LogP contribution in [0.25, 0.3) is 0 Å². The molecular formula is C18H23F2NO4. The average Bonchev–Trinajstić information content (AvgIpc) is 2.55. The Labute approximate surface area is 145 Å². The minimum Gasteiger partial charge on any atom is -0.481 e. The highest BCUT2D eigenvalue weighted by atomic mass is 19.1. The highest BCUT2D eigenvalue weighted by molar-refractivity contribution is 5.80. The molecule has 2 unspecified atom stereocenters. The predicted molar refractivity (Wildman–Crippen MR) is 86.8 cm³/mol. The number of ether oxygens (including phenoxy) is 1. The molecule has 1 aromatic carbocycles. The van der Waals surface area contributed by atoms with E-state index in [2.05, 4.69) is 5.32 Å². The number of carbonyl (C=O) groups excluding carboxylic acids is 1. The van der Waals surface area contributed by atoms with Crippen LogP contribution in [0, 0.1) is 23.5 Å². The van der Waals surface area contributed by atoms with E-state index < -0.39 is 30.1 Å². The van der Waals surface area contributed by atoms with E-state index in [1.54, 1.807) is 0 Å². The molecule has 0 saturated carbocycles. The van der Waals surface area contributed by atoms with Gasteiger partial charge in [0.1, 0.15) is 11.6 Å². The van der Waals surface area contributed by atoms with Gasteiger partial charge in [-0.1, -0.05) is 13.0 Å². The van der Waals surface area contributed by atoms with Crippen LogP contribution in [0.3, 0.4) is 0 Å². The van der Waals surface area contributed by atoms with E-state index in [4.69, 9.17) is 9.84 Å². The second-order valence-corrected chi connectivity index (χ2v) is 6.29. The lowest BCUT2D eigenvalue weighted by Crippen LogP contribution is -2.39. The number of rotatable bonds is 7. The zero-order valence-corrected chi connectivity index (χ0v) is 14.1. The highest BCUT2D eigenvalue weighted by Gasteiger charge is 2.31. The van der Waals surface area contributed by atoms with Gasteiger partial charge in [0.05, 0.1) is 12.5 Å². The number of halogens is 2. The zero-order chi connectivity index (χ0) is 18.4. The van der Waals surface area contributed by atoms with Crippen molar-refractivity contribution in [3.05, 3.63) is 35.4 Å². The lowest BCUT2D eigenvalue weighted by Gasteiger charge is -2.30. The smallest absolute Gasteiger partial charge is 0.305 e. The van der Waals surface area contributed by atoms with E-state index in [-0.39, 0.29) is 23.3 Å². The van der Waals surface area contributed by atoms with Crippen molar-refractivity contribution in [3.8, 4) is 0 Å². The Balaban J connectivity index is 2.17. The second-order valence-electron chi connectivity index (χ2n) is 6.29. The summed E-state index contributed by atoms with van der Waals surface area (Å²) in [6.07, 6.45) is 1.65. The fraction of sp³-hybridized carbons (Fsp3) is 0.556. The van der Waals surface area contributed by atoms with Crippen LogP contribution in [-0.4, -0.2) is 30.2 Å². The van der Waals surface area contributed by atoms with Crippen molar-refractivity contribution in [1.82, 2.24) is 5.32 Å². The predicted octanol–water partition coefficient (Wildman–Crippen LogP) is 3.05. The molecular weight excluding hydrogens is 332 g/mol. The maximum atomic E-state index is 14.0. The number of hydrogen-bond donors (Lipinski definition) is 2. The molecule has 138 valence electrons. The fourth-order valence-electron chi connectivity index (χ4n) is 3.33. The molecule has 5 nitrogen and oxygen atoms in total. The average molecular weight is 355 g/mol. The van der Waals surface area contributed by atoms with E-state index in [0.717, 1.165) is 18.9 Å². The van der Waals surface area contributed by atoms with Crippen molar-refractivity contribution in [2.45, 2.75) is 38.6 Å². The summed E-state index contributed by atoms with van der Waals surface area (Å²) in [5.41, 5.74) is -0.0287. The number of carbonyl (C=O) groups is 2. The van der Waals surface area contributed by atoms with E-state index in [0.29, 0.717) is 25.7 Å². The molecule has 1 heterocycles. The van der Waals surface area contributed by atoms with Crippen LogP contribution in [0.4, 0.5) is 8.78 Å². The summed E-state index contributed by atoms with van der Waals surface area (Å²) < 4.78 is 32.5. The number of carboxylic acid groups (broad SMARTS) is 1. The molecule has 1 fully saturated rings. The molecule has 25 heavy (non-hydrogen) atoms. The monoisotopic (exact) mass is 355 g/mol. The molecule has 2 N–H and O–H groups in total. The minimum absolute atomic E-state index is 0.0287. The summed E-state index contributed by atoms with van der Waals surface area (Å²) in [7, 11) is 0. The van der Waals surface area contributed by atoms with Gasteiger partial charge >= 0.3 is 5.97 Å². The van der Waals surface area contributed by atoms with Crippen LogP contribution in [0.2, 0.25) is 0 Å². The first-order valence-electron chi connectivity index (χ1n) is 8.47. The number of nitrogens with one attached hydrogen (secondary N) is 1. The van der Waals surface area contributed by atoms with Crippen molar-refractivity contribution in [2.24, 2.45) is 11.8 Å². The number of benzene rings is 1. The van der Waals surface area contributed by atoms with Gasteiger partial charge in [-0.15, -0.1) is 0 Å². The molecule has 1 aliphatic heterocycles. The quantitative estimate of drug-likeness (QED) is 0.788. The maximum absolute atomic E-state index is 14.0. The van der Waals surface area contributed by atoms with Crippen LogP contribution in [0.5, 0.6) is 0 Å². The SMILES string of the molecule is CCC(C(=O)NC(CC(=O)O)c1ccc(F)cc1F)C1CCOCC1. The first-order valence-corrected chi connectivity index (χ1v) is 8.47. The van der Waals surface area contributed by atoms with E-state index in [1.165, 1.54) is 6.07 Å². The highest BCUT2D eigenvalue weighted by Crippen LogP contribution is 2.28. The largest absolute Gasteiger partial charge is 0.481 e. The topological polar surface area (TPSA) is 75.6 Å². The summed E-state index contributed by atoms with van der Waals surface area (Å²) in [5, 5.41) is 11.7. The van der Waals surface area contributed by atoms with Crippen molar-refractivity contribution < 1.29 is 28.2 Å². The van der Waals surface area contributed by atoms with Gasteiger partial charge < -0.3 is 15.2 Å². The summed E-state index contributed by atoms with van der Waals surface area (Å²) in [6.45, 7) is 3.09. The Morgan fingerprint density at radius 2 is 2.00 bits per heavy atom. The maximum Gasteiger partial charge on any atom is 0.305 e. The number of carboxylic acids is 1. The molecule has 2 atom stereocenters. The Hall–Kier alpha value is -2.02. The van der Waals surface area contributed by atoms with E-state index >= 15 is 0 Å². The van der Waals surface area contributed by atoms with Gasteiger partial charge in [-0.3, -0.25) is 9.59 Å². The van der Waals surface area contributed by atoms with Gasteiger partial charge in [-0.25, -0.2) is 8.78 Å². The molecule has 0 spiro atoms. The zero-order valence-electron chi connectivity index (χ0n) is 14.1. The Bertz CT molecular complexity index is 617. The molecule has 1 aliphatic rings. The molecule has 0 bridgehead atoms. The second kappa shape index (κ2) is 8.89. The van der Waals surface area contributed by atoms with Gasteiger partial charge in [-0.2, -0.15) is 0 Å². The van der Waals surface area contributed by atoms with Gasteiger partial charge in [-0.05, 0) is 31.2 Å². The number of hydrogen-bond acceptors (Lipinski definition) is 3. The first-order chi connectivity index (χ1) is 11.9. The Morgan fingerprint density at radius 3 is 2.56 bits per heavy atom. The molecule has 2 rings (SSSR count). The van der Waals surface area contributed by atoms with E-state index in [9.17, 15) is 18.4 Å². The fourth-order valence-corrected chi connectivity index (χ4v) is 3.33. The van der Waals surface area contributed by atoms with Crippen LogP contribution < -0.4 is 5.32 Å². The van der Waals surface area contributed by atoms with Crippen molar-refractivity contribution in [2.75, 3.05) is 13.2 Å². The van der Waals surface area contributed by atoms with Crippen LogP contribution >= 0.6 is 0 Å². The Morgan fingerprint density at radius 1 is 1.32 bits per heavy atom. The summed E-state index contributed by atoms with van der Waals surface area (Å²) in [5.74, 6) is -3.23. The lowest BCUT2D eigenvalue weighted by molar-refractivity contribution is -0.138. The number of aliphatic carboxylic acids is 1. The van der Waals surface area contributed by atoms with Gasteiger partial charge in [0.15, 0.2) is 0 Å². The molecule has 0 aromatic heterocycles. The minimum atomic E-state index is -1.17. The molecule has 0 aliphatic carbocycles. The van der Waals surface area contributed by atoms with Crippen molar-refractivity contribution in [3.63, 3.8) is 0 Å². The standard InChI is InChI=1S/C18H23F2NO4/c1-2-13(11-5-7-25-8-6-11)18(24)21-16(10-17(22)23)14-4-3-12(19)9-15(14)20/h3-4,9,11,13,16H,2,5-8,10H2,1H3,(H,21,24)(H,22,23). The number of amides is 1. The molecule has 1 saturated heterocycles. The normalized spacial score (nSPS) is 17.7. The molecule has 7 heteroatoms. The molecule has 1 aromatic rings. The third-order valence-corrected chi connectivity index (χ3v) is 4.64. The van der Waals surface area contributed by atoms with Crippen molar-refractivity contribution in [1.29, 1.82) is 0 Å². The third kappa shape index (κ3) is 5.22. The first kappa shape index (κ1) is 19.3.